The van der Waals surface area contributed by atoms with Gasteiger partial charge in [-0.2, -0.15) is 0 Å². The smallest absolute Gasteiger partial charge is 0.271 e. The van der Waals surface area contributed by atoms with Crippen LogP contribution in [0.3, 0.4) is 0 Å². The van der Waals surface area contributed by atoms with E-state index in [1.54, 1.807) is 12.1 Å². The average molecular weight is 427 g/mol. The third kappa shape index (κ3) is 4.57. The molecule has 4 rings (SSSR count). The number of nitro groups is 1. The number of nitrogens with zero attached hydrogens (tertiary/aromatic N) is 2. The van der Waals surface area contributed by atoms with Gasteiger partial charge in [-0.3, -0.25) is 14.9 Å². The molecule has 1 amide bonds. The minimum Gasteiger partial charge on any atom is -0.494 e. The van der Waals surface area contributed by atoms with Crippen molar-refractivity contribution >= 4 is 28.2 Å². The summed E-state index contributed by atoms with van der Waals surface area (Å²) in [6.45, 7) is 2.66. The number of nitro benzene ring substituents is 1. The highest BCUT2D eigenvalue weighted by Gasteiger charge is 2.16. The van der Waals surface area contributed by atoms with Gasteiger partial charge in [-0.25, -0.2) is 4.98 Å². The number of carbonyl (C=O) groups excluding carboxylic acids is 1. The van der Waals surface area contributed by atoms with Gasteiger partial charge in [0.15, 0.2) is 0 Å². The molecule has 0 spiro atoms. The number of amides is 1. The number of pyridine rings is 1. The van der Waals surface area contributed by atoms with Crippen molar-refractivity contribution in [3.8, 4) is 17.0 Å². The molecule has 0 saturated heterocycles. The molecule has 0 radical (unpaired) electrons. The van der Waals surface area contributed by atoms with E-state index in [0.29, 0.717) is 34.5 Å². The first-order chi connectivity index (χ1) is 15.5. The van der Waals surface area contributed by atoms with Crippen LogP contribution in [-0.2, 0) is 0 Å². The predicted molar refractivity (Wildman–Crippen MR) is 124 cm³/mol. The number of hydrogen-bond donors (Lipinski definition) is 1. The Hall–Kier alpha value is -4.26. The molecule has 4 aromatic rings. The summed E-state index contributed by atoms with van der Waals surface area (Å²) in [5.41, 5.74) is 2.82. The Kier molecular flexibility index (Phi) is 6.07. The van der Waals surface area contributed by atoms with E-state index in [9.17, 15) is 14.9 Å². The number of rotatable bonds is 7. The van der Waals surface area contributed by atoms with Crippen molar-refractivity contribution in [2.24, 2.45) is 0 Å². The Morgan fingerprint density at radius 3 is 2.66 bits per heavy atom. The van der Waals surface area contributed by atoms with Gasteiger partial charge in [0.1, 0.15) is 5.75 Å². The first-order valence-corrected chi connectivity index (χ1v) is 10.2. The lowest BCUT2D eigenvalue weighted by Gasteiger charge is -2.12. The molecule has 3 aromatic carbocycles. The van der Waals surface area contributed by atoms with Gasteiger partial charge in [-0.1, -0.05) is 43.3 Å². The Labute approximate surface area is 184 Å². The summed E-state index contributed by atoms with van der Waals surface area (Å²) in [7, 11) is 0. The van der Waals surface area contributed by atoms with Crippen LogP contribution in [0.5, 0.6) is 5.75 Å². The van der Waals surface area contributed by atoms with Gasteiger partial charge >= 0.3 is 0 Å². The molecule has 0 fully saturated rings. The molecular weight excluding hydrogens is 406 g/mol. The van der Waals surface area contributed by atoms with Crippen molar-refractivity contribution in [1.29, 1.82) is 0 Å². The van der Waals surface area contributed by atoms with Crippen LogP contribution in [0.4, 0.5) is 11.4 Å². The number of ether oxygens (including phenoxy) is 1. The molecule has 0 saturated carbocycles. The monoisotopic (exact) mass is 427 g/mol. The highest BCUT2D eigenvalue weighted by molar-refractivity contribution is 6.13. The zero-order chi connectivity index (χ0) is 22.5. The molecule has 160 valence electrons. The normalized spacial score (nSPS) is 10.7. The Balaban J connectivity index is 1.74. The maximum atomic E-state index is 13.2. The van der Waals surface area contributed by atoms with E-state index < -0.39 is 4.92 Å². The maximum absolute atomic E-state index is 13.2. The highest BCUT2D eigenvalue weighted by Crippen LogP contribution is 2.28. The third-order valence-electron chi connectivity index (χ3n) is 4.88. The van der Waals surface area contributed by atoms with Crippen LogP contribution >= 0.6 is 0 Å². The van der Waals surface area contributed by atoms with E-state index in [2.05, 4.69) is 5.32 Å². The van der Waals surface area contributed by atoms with E-state index >= 15 is 0 Å². The van der Waals surface area contributed by atoms with E-state index in [0.717, 1.165) is 17.7 Å². The molecule has 0 aliphatic rings. The van der Waals surface area contributed by atoms with E-state index in [-0.39, 0.29) is 11.6 Å². The number of benzene rings is 3. The number of nitrogens with one attached hydrogen (secondary N) is 1. The second-order valence-corrected chi connectivity index (χ2v) is 7.21. The summed E-state index contributed by atoms with van der Waals surface area (Å²) < 4.78 is 5.73. The Bertz CT molecular complexity index is 1300. The second kappa shape index (κ2) is 9.26. The van der Waals surface area contributed by atoms with Crippen molar-refractivity contribution < 1.29 is 14.5 Å². The van der Waals surface area contributed by atoms with E-state index in [1.165, 1.54) is 18.2 Å². The summed E-state index contributed by atoms with van der Waals surface area (Å²) in [4.78, 5) is 28.5. The largest absolute Gasteiger partial charge is 0.494 e. The minimum absolute atomic E-state index is 0.0908. The summed E-state index contributed by atoms with van der Waals surface area (Å²) in [5.74, 6) is 0.366. The SMILES string of the molecule is CCCOc1cccc(-c2cc(C(=O)Nc3cccc([N+](=O)[O-])c3)c3ccccc3n2)c1. The summed E-state index contributed by atoms with van der Waals surface area (Å²) in [6, 6.07) is 22.6. The summed E-state index contributed by atoms with van der Waals surface area (Å²) in [5, 5.41) is 14.5. The topological polar surface area (TPSA) is 94.4 Å². The fourth-order valence-corrected chi connectivity index (χ4v) is 3.37. The lowest BCUT2D eigenvalue weighted by molar-refractivity contribution is -0.384. The van der Waals surface area contributed by atoms with Crippen LogP contribution in [0.25, 0.3) is 22.2 Å². The second-order valence-electron chi connectivity index (χ2n) is 7.21. The quantitative estimate of drug-likeness (QED) is 0.295. The van der Waals surface area contributed by atoms with Gasteiger partial charge in [-0.15, -0.1) is 0 Å². The molecule has 0 bridgehead atoms. The zero-order valence-electron chi connectivity index (χ0n) is 17.4. The lowest BCUT2D eigenvalue weighted by atomic mass is 10.0. The molecule has 1 N–H and O–H groups in total. The molecular formula is C25H21N3O4. The van der Waals surface area contributed by atoms with Crippen LogP contribution < -0.4 is 10.1 Å². The van der Waals surface area contributed by atoms with Gasteiger partial charge in [0.2, 0.25) is 0 Å². The van der Waals surface area contributed by atoms with Crippen LogP contribution in [0.1, 0.15) is 23.7 Å². The number of fused-ring (bicyclic) bond motifs is 1. The van der Waals surface area contributed by atoms with Gasteiger partial charge in [0, 0.05) is 28.8 Å². The van der Waals surface area contributed by atoms with E-state index in [4.69, 9.17) is 9.72 Å². The molecule has 0 unspecified atom stereocenters. The fourth-order valence-electron chi connectivity index (χ4n) is 3.37. The summed E-state index contributed by atoms with van der Waals surface area (Å²) in [6.07, 6.45) is 0.903. The molecule has 0 aliphatic heterocycles. The molecule has 0 atom stereocenters. The van der Waals surface area contributed by atoms with Crippen molar-refractivity contribution in [3.63, 3.8) is 0 Å². The van der Waals surface area contributed by atoms with Crippen LogP contribution in [0, 0.1) is 10.1 Å². The molecule has 7 nitrogen and oxygen atoms in total. The number of non-ortho nitro benzene ring substituents is 1. The van der Waals surface area contributed by atoms with E-state index in [1.807, 2.05) is 55.5 Å². The van der Waals surface area contributed by atoms with Crippen molar-refractivity contribution in [2.45, 2.75) is 13.3 Å². The maximum Gasteiger partial charge on any atom is 0.271 e. The van der Waals surface area contributed by atoms with Gasteiger partial charge in [-0.05, 0) is 36.8 Å². The molecule has 1 aromatic heterocycles. The zero-order valence-corrected chi connectivity index (χ0v) is 17.4. The highest BCUT2D eigenvalue weighted by atomic mass is 16.6. The fraction of sp³-hybridized carbons (Fsp3) is 0.120. The number of hydrogen-bond acceptors (Lipinski definition) is 5. The van der Waals surface area contributed by atoms with Gasteiger partial charge in [0.05, 0.1) is 28.3 Å². The minimum atomic E-state index is -0.497. The predicted octanol–water partition coefficient (Wildman–Crippen LogP) is 5.85. The number of para-hydroxylation sites is 1. The number of carbonyl (C=O) groups is 1. The van der Waals surface area contributed by atoms with Crippen molar-refractivity contribution in [1.82, 2.24) is 4.98 Å². The molecule has 0 aliphatic carbocycles. The molecule has 7 heteroatoms. The average Bonchev–Trinajstić information content (AvgIpc) is 2.82. The van der Waals surface area contributed by atoms with Gasteiger partial charge < -0.3 is 10.1 Å². The van der Waals surface area contributed by atoms with Crippen LogP contribution in [0.2, 0.25) is 0 Å². The molecule has 1 heterocycles. The van der Waals surface area contributed by atoms with Gasteiger partial charge in [0.25, 0.3) is 11.6 Å². The van der Waals surface area contributed by atoms with Crippen molar-refractivity contribution in [3.05, 3.63) is 94.5 Å². The van der Waals surface area contributed by atoms with Crippen LogP contribution in [0.15, 0.2) is 78.9 Å². The third-order valence-corrected chi connectivity index (χ3v) is 4.88. The van der Waals surface area contributed by atoms with Crippen LogP contribution in [-0.4, -0.2) is 22.4 Å². The number of anilines is 1. The summed E-state index contributed by atoms with van der Waals surface area (Å²) >= 11 is 0. The first kappa shape index (κ1) is 21.0. The number of aromatic nitrogens is 1. The first-order valence-electron chi connectivity index (χ1n) is 10.2. The Morgan fingerprint density at radius 1 is 1.03 bits per heavy atom. The van der Waals surface area contributed by atoms with Crippen molar-refractivity contribution in [2.75, 3.05) is 11.9 Å². The lowest BCUT2D eigenvalue weighted by Crippen LogP contribution is -2.13. The standard InChI is InChI=1S/C25H21N3O4/c1-2-13-32-20-10-5-7-17(14-20)24-16-22(21-11-3-4-12-23(21)27-24)25(29)26-18-8-6-9-19(15-18)28(30)31/h3-12,14-16H,2,13H2,1H3,(H,26,29). The molecule has 32 heavy (non-hydrogen) atoms. The Morgan fingerprint density at radius 2 is 1.84 bits per heavy atom.